The molecule has 2 aliphatic carbocycles. The number of hydrogen-bond donors (Lipinski definition) is 1. The van der Waals surface area contributed by atoms with Crippen molar-refractivity contribution in [1.82, 2.24) is 0 Å². The van der Waals surface area contributed by atoms with Gasteiger partial charge in [-0.2, -0.15) is 0 Å². The Bertz CT molecular complexity index is 365. The summed E-state index contributed by atoms with van der Waals surface area (Å²) in [6, 6.07) is 0.208. The first kappa shape index (κ1) is 12.1. The molecule has 3 unspecified atom stereocenters. The molecule has 2 aliphatic rings. The van der Waals surface area contributed by atoms with Gasteiger partial charge in [-0.15, -0.1) is 0 Å². The molecule has 0 bridgehead atoms. The third-order valence-corrected chi connectivity index (χ3v) is 4.50. The molecule has 0 aliphatic heterocycles. The third kappa shape index (κ3) is 2.18. The zero-order chi connectivity index (χ0) is 11.7. The van der Waals surface area contributed by atoms with Crippen LogP contribution >= 0.6 is 15.9 Å². The highest BCUT2D eigenvalue weighted by atomic mass is 79.9. The second-order valence-electron chi connectivity index (χ2n) is 4.80. The number of halogens is 1. The van der Waals surface area contributed by atoms with Crippen molar-refractivity contribution in [2.24, 2.45) is 11.7 Å². The van der Waals surface area contributed by atoms with Gasteiger partial charge in [-0.25, -0.2) is 0 Å². The lowest BCUT2D eigenvalue weighted by Gasteiger charge is -2.31. The van der Waals surface area contributed by atoms with Gasteiger partial charge in [0.1, 0.15) is 0 Å². The molecule has 0 aromatic rings. The summed E-state index contributed by atoms with van der Waals surface area (Å²) in [5.74, 6) is 0.617. The van der Waals surface area contributed by atoms with Crippen molar-refractivity contribution in [2.75, 3.05) is 0 Å². The van der Waals surface area contributed by atoms with E-state index in [1.54, 1.807) is 0 Å². The molecule has 2 rings (SSSR count). The van der Waals surface area contributed by atoms with Gasteiger partial charge in [0.25, 0.3) is 0 Å². The van der Waals surface area contributed by atoms with E-state index in [9.17, 15) is 0 Å². The highest BCUT2D eigenvalue weighted by Crippen LogP contribution is 2.39. The molecule has 0 spiro atoms. The molecule has 0 fully saturated rings. The predicted octanol–water partition coefficient (Wildman–Crippen LogP) is 3.71. The van der Waals surface area contributed by atoms with E-state index in [0.29, 0.717) is 10.7 Å². The number of nitrogens with two attached hydrogens (primary N) is 1. The summed E-state index contributed by atoms with van der Waals surface area (Å²) < 4.78 is 0. The molecule has 0 amide bonds. The summed E-state index contributed by atoms with van der Waals surface area (Å²) in [5, 5.41) is 0. The first-order valence-corrected chi connectivity index (χ1v) is 7.05. The number of fused-ring (bicyclic) bond motifs is 1. The smallest absolute Gasteiger partial charge is 0.0331 e. The highest BCUT2D eigenvalue weighted by molar-refractivity contribution is 9.09. The lowest BCUT2D eigenvalue weighted by Crippen LogP contribution is -2.26. The van der Waals surface area contributed by atoms with Crippen LogP contribution in [-0.2, 0) is 0 Å². The van der Waals surface area contributed by atoms with Gasteiger partial charge in [0, 0.05) is 16.8 Å². The highest BCUT2D eigenvalue weighted by Gasteiger charge is 2.26. The molecule has 0 aromatic heterocycles. The van der Waals surface area contributed by atoms with Gasteiger partial charge in [0.05, 0.1) is 0 Å². The van der Waals surface area contributed by atoms with Gasteiger partial charge in [-0.05, 0) is 37.3 Å². The summed E-state index contributed by atoms with van der Waals surface area (Å²) in [5.41, 5.74) is 10.5. The maximum absolute atomic E-state index is 6.15. The second kappa shape index (κ2) is 4.89. The Morgan fingerprint density at radius 3 is 2.88 bits per heavy atom. The van der Waals surface area contributed by atoms with E-state index < -0.39 is 0 Å². The Morgan fingerprint density at radius 1 is 1.44 bits per heavy atom. The standard InChI is InChI=1S/C14H20BrN/c1-3-14(16)13-6-4-10-8-11(15)5-7-12(10)9(13)2/h4,6,8,11-12,14H,3,5,7,16H2,1-2H3. The molecule has 0 saturated heterocycles. The van der Waals surface area contributed by atoms with Crippen LogP contribution in [0.5, 0.6) is 0 Å². The van der Waals surface area contributed by atoms with Crippen LogP contribution in [0.25, 0.3) is 0 Å². The van der Waals surface area contributed by atoms with Crippen LogP contribution in [0.1, 0.15) is 33.1 Å². The molecule has 1 nitrogen and oxygen atoms in total. The lowest BCUT2D eigenvalue weighted by molar-refractivity contribution is 0.576. The largest absolute Gasteiger partial charge is 0.324 e. The van der Waals surface area contributed by atoms with Crippen molar-refractivity contribution < 1.29 is 0 Å². The van der Waals surface area contributed by atoms with Gasteiger partial charge in [0.2, 0.25) is 0 Å². The minimum absolute atomic E-state index is 0.208. The van der Waals surface area contributed by atoms with E-state index in [4.69, 9.17) is 5.73 Å². The third-order valence-electron chi connectivity index (χ3n) is 3.78. The van der Waals surface area contributed by atoms with E-state index in [1.807, 2.05) is 0 Å². The van der Waals surface area contributed by atoms with Crippen molar-refractivity contribution in [3.63, 3.8) is 0 Å². The van der Waals surface area contributed by atoms with Crippen LogP contribution in [0, 0.1) is 5.92 Å². The van der Waals surface area contributed by atoms with Crippen molar-refractivity contribution in [2.45, 2.75) is 44.0 Å². The number of rotatable bonds is 2. The molecule has 88 valence electrons. The van der Waals surface area contributed by atoms with Crippen molar-refractivity contribution in [1.29, 1.82) is 0 Å². The topological polar surface area (TPSA) is 26.0 Å². The summed E-state index contributed by atoms with van der Waals surface area (Å²) in [7, 11) is 0. The summed E-state index contributed by atoms with van der Waals surface area (Å²) in [4.78, 5) is 0.553. The Balaban J connectivity index is 2.30. The quantitative estimate of drug-likeness (QED) is 0.768. The van der Waals surface area contributed by atoms with Gasteiger partial charge in [0.15, 0.2) is 0 Å². The van der Waals surface area contributed by atoms with E-state index in [1.165, 1.54) is 29.6 Å². The van der Waals surface area contributed by atoms with Crippen LogP contribution in [0.2, 0.25) is 0 Å². The predicted molar refractivity (Wildman–Crippen MR) is 73.6 cm³/mol. The molecule has 0 saturated carbocycles. The molecule has 3 atom stereocenters. The van der Waals surface area contributed by atoms with Gasteiger partial charge in [-0.1, -0.05) is 46.7 Å². The molecule has 16 heavy (non-hydrogen) atoms. The van der Waals surface area contributed by atoms with Gasteiger partial charge < -0.3 is 5.73 Å². The Morgan fingerprint density at radius 2 is 2.19 bits per heavy atom. The van der Waals surface area contributed by atoms with Crippen LogP contribution < -0.4 is 5.73 Å². The van der Waals surface area contributed by atoms with Crippen molar-refractivity contribution in [3.05, 3.63) is 34.9 Å². The van der Waals surface area contributed by atoms with Crippen molar-refractivity contribution >= 4 is 15.9 Å². The Hall–Kier alpha value is -0.340. The average molecular weight is 282 g/mol. The van der Waals surface area contributed by atoms with Crippen LogP contribution in [0.15, 0.2) is 34.9 Å². The van der Waals surface area contributed by atoms with E-state index in [-0.39, 0.29) is 6.04 Å². The molecule has 0 heterocycles. The first-order chi connectivity index (χ1) is 7.63. The molecule has 0 aromatic carbocycles. The van der Waals surface area contributed by atoms with E-state index in [0.717, 1.165) is 6.42 Å². The van der Waals surface area contributed by atoms with Crippen LogP contribution in [-0.4, -0.2) is 10.9 Å². The zero-order valence-corrected chi connectivity index (χ0v) is 11.6. The lowest BCUT2D eigenvalue weighted by atomic mass is 9.76. The fourth-order valence-electron chi connectivity index (χ4n) is 2.69. The molecule has 0 radical (unpaired) electrons. The molecule has 2 N–H and O–H groups in total. The Labute approximate surface area is 107 Å². The molecular formula is C14H20BrN. The first-order valence-electron chi connectivity index (χ1n) is 6.13. The van der Waals surface area contributed by atoms with Gasteiger partial charge >= 0.3 is 0 Å². The summed E-state index contributed by atoms with van der Waals surface area (Å²) in [6.07, 6.45) is 10.3. The minimum atomic E-state index is 0.208. The fourth-order valence-corrected chi connectivity index (χ4v) is 3.26. The van der Waals surface area contributed by atoms with Crippen LogP contribution in [0.3, 0.4) is 0 Å². The molecular weight excluding hydrogens is 262 g/mol. The average Bonchev–Trinajstić information content (AvgIpc) is 2.28. The maximum atomic E-state index is 6.15. The number of hydrogen-bond acceptors (Lipinski definition) is 1. The Kier molecular flexibility index (Phi) is 3.70. The number of allylic oxidation sites excluding steroid dienone is 4. The van der Waals surface area contributed by atoms with Crippen molar-refractivity contribution in [3.8, 4) is 0 Å². The zero-order valence-electron chi connectivity index (χ0n) is 10.0. The van der Waals surface area contributed by atoms with E-state index >= 15 is 0 Å². The molecule has 2 heteroatoms. The second-order valence-corrected chi connectivity index (χ2v) is 5.98. The fraction of sp³-hybridized carbons (Fsp3) is 0.571. The minimum Gasteiger partial charge on any atom is -0.324 e. The number of alkyl halides is 1. The van der Waals surface area contributed by atoms with Gasteiger partial charge in [-0.3, -0.25) is 0 Å². The normalized spacial score (nSPS) is 31.1. The maximum Gasteiger partial charge on any atom is 0.0331 e. The monoisotopic (exact) mass is 281 g/mol. The SMILES string of the molecule is CCC(N)C1=C(C)C2CCC(Br)C=C2C=C1. The summed E-state index contributed by atoms with van der Waals surface area (Å²) in [6.45, 7) is 4.40. The van der Waals surface area contributed by atoms with E-state index in [2.05, 4.69) is 48.0 Å². The van der Waals surface area contributed by atoms with Crippen LogP contribution in [0.4, 0.5) is 0 Å². The summed E-state index contributed by atoms with van der Waals surface area (Å²) >= 11 is 3.68.